The van der Waals surface area contributed by atoms with E-state index in [-0.39, 0.29) is 29.9 Å². The summed E-state index contributed by atoms with van der Waals surface area (Å²) in [5, 5.41) is 10.6. The molecule has 0 amide bonds. The number of ether oxygens (including phenoxy) is 1. The molecule has 0 bridgehead atoms. The molecule has 0 N–H and O–H groups in total. The zero-order valence-corrected chi connectivity index (χ0v) is 12.0. The van der Waals surface area contributed by atoms with Gasteiger partial charge in [0.2, 0.25) is 0 Å². The normalized spacial score (nSPS) is 17.1. The highest BCUT2D eigenvalue weighted by molar-refractivity contribution is 5.85. The monoisotopic (exact) mass is 300 g/mol. The van der Waals surface area contributed by atoms with Crippen LogP contribution in [0.4, 0.5) is 5.69 Å². The highest BCUT2D eigenvalue weighted by atomic mass is 35.5. The number of nitro benzene ring substituents is 1. The lowest BCUT2D eigenvalue weighted by Crippen LogP contribution is -2.41. The molecular formula is C13H17ClN2O4. The minimum atomic E-state index is -0.443. The number of hydrogen-bond acceptors (Lipinski definition) is 5. The van der Waals surface area contributed by atoms with E-state index in [2.05, 4.69) is 0 Å². The van der Waals surface area contributed by atoms with Crippen LogP contribution < -0.4 is 0 Å². The number of nitrogens with zero attached hydrogens (tertiary/aromatic N) is 2. The van der Waals surface area contributed by atoms with Gasteiger partial charge in [0.25, 0.3) is 5.69 Å². The van der Waals surface area contributed by atoms with Crippen molar-refractivity contribution in [2.45, 2.75) is 13.0 Å². The van der Waals surface area contributed by atoms with Gasteiger partial charge in [-0.25, -0.2) is 0 Å². The lowest BCUT2D eigenvalue weighted by atomic mass is 10.0. The molecule has 1 aromatic rings. The Morgan fingerprint density at radius 3 is 2.30 bits per heavy atom. The zero-order valence-electron chi connectivity index (χ0n) is 11.2. The molecule has 0 aromatic heterocycles. The molecule has 110 valence electrons. The Morgan fingerprint density at radius 1 is 1.30 bits per heavy atom. The number of Topliss-reactive ketones (excluding diaryl/α,β-unsaturated/α-hetero) is 1. The van der Waals surface area contributed by atoms with Crippen LogP contribution in [0.1, 0.15) is 18.5 Å². The lowest BCUT2D eigenvalue weighted by molar-refractivity contribution is -0.384. The first-order valence-electron chi connectivity index (χ1n) is 6.16. The zero-order chi connectivity index (χ0) is 13.8. The number of rotatable bonds is 4. The number of morpholine rings is 1. The van der Waals surface area contributed by atoms with Crippen LogP contribution in [0.3, 0.4) is 0 Å². The maximum absolute atomic E-state index is 11.8. The fourth-order valence-electron chi connectivity index (χ4n) is 2.32. The maximum Gasteiger partial charge on any atom is 0.269 e. The molecule has 1 heterocycles. The van der Waals surface area contributed by atoms with E-state index in [0.717, 1.165) is 5.56 Å². The summed E-state index contributed by atoms with van der Waals surface area (Å²) in [7, 11) is 0. The van der Waals surface area contributed by atoms with Gasteiger partial charge in [-0.1, -0.05) is 12.1 Å². The van der Waals surface area contributed by atoms with Gasteiger partial charge < -0.3 is 4.74 Å². The minimum absolute atomic E-state index is 0. The topological polar surface area (TPSA) is 72.7 Å². The molecule has 1 fully saturated rings. The third-order valence-corrected chi connectivity index (χ3v) is 3.22. The van der Waals surface area contributed by atoms with Gasteiger partial charge in [0, 0.05) is 25.2 Å². The third-order valence-electron chi connectivity index (χ3n) is 3.22. The number of non-ortho nitro benzene ring substituents is 1. The highest BCUT2D eigenvalue weighted by Gasteiger charge is 2.26. The molecule has 0 saturated carbocycles. The molecule has 2 rings (SSSR count). The van der Waals surface area contributed by atoms with Crippen LogP contribution >= 0.6 is 12.4 Å². The molecule has 20 heavy (non-hydrogen) atoms. The highest BCUT2D eigenvalue weighted by Crippen LogP contribution is 2.24. The van der Waals surface area contributed by atoms with Crippen LogP contribution in [0.2, 0.25) is 0 Å². The van der Waals surface area contributed by atoms with Gasteiger partial charge >= 0.3 is 0 Å². The minimum Gasteiger partial charge on any atom is -0.379 e. The molecule has 1 aromatic carbocycles. The van der Waals surface area contributed by atoms with Gasteiger partial charge in [-0.05, 0) is 12.5 Å². The van der Waals surface area contributed by atoms with Crippen LogP contribution in [-0.4, -0.2) is 41.9 Å². The third kappa shape index (κ3) is 3.75. The largest absolute Gasteiger partial charge is 0.379 e. The van der Waals surface area contributed by atoms with Gasteiger partial charge in [-0.3, -0.25) is 19.8 Å². The molecular weight excluding hydrogens is 284 g/mol. The van der Waals surface area contributed by atoms with Crippen molar-refractivity contribution in [3.05, 3.63) is 39.9 Å². The van der Waals surface area contributed by atoms with Crippen molar-refractivity contribution in [3.8, 4) is 0 Å². The first kappa shape index (κ1) is 16.6. The van der Waals surface area contributed by atoms with E-state index in [1.165, 1.54) is 12.1 Å². The Hall–Kier alpha value is -1.50. The van der Waals surface area contributed by atoms with Crippen molar-refractivity contribution in [2.24, 2.45) is 0 Å². The Balaban J connectivity index is 0.00000200. The number of benzene rings is 1. The first-order valence-corrected chi connectivity index (χ1v) is 6.16. The molecule has 1 aliphatic heterocycles. The number of ketones is 1. The molecule has 7 heteroatoms. The van der Waals surface area contributed by atoms with E-state index in [9.17, 15) is 14.9 Å². The fraction of sp³-hybridized carbons (Fsp3) is 0.462. The van der Waals surface area contributed by atoms with Crippen molar-refractivity contribution in [1.82, 2.24) is 4.90 Å². The van der Waals surface area contributed by atoms with Crippen molar-refractivity contribution in [3.63, 3.8) is 0 Å². The van der Waals surface area contributed by atoms with E-state index >= 15 is 0 Å². The van der Waals surface area contributed by atoms with Crippen LogP contribution in [0.25, 0.3) is 0 Å². The Morgan fingerprint density at radius 2 is 1.85 bits per heavy atom. The summed E-state index contributed by atoms with van der Waals surface area (Å²) < 4.78 is 5.27. The number of halogens is 1. The Kier molecular flexibility index (Phi) is 6.06. The van der Waals surface area contributed by atoms with E-state index < -0.39 is 4.92 Å². The maximum atomic E-state index is 11.8. The molecule has 1 atom stereocenters. The van der Waals surface area contributed by atoms with Crippen molar-refractivity contribution < 1.29 is 14.5 Å². The van der Waals surface area contributed by atoms with E-state index in [4.69, 9.17) is 4.74 Å². The Labute approximate surface area is 123 Å². The van der Waals surface area contributed by atoms with Crippen LogP contribution in [0.5, 0.6) is 0 Å². The van der Waals surface area contributed by atoms with E-state index in [1.807, 2.05) is 4.90 Å². The van der Waals surface area contributed by atoms with Gasteiger partial charge in [-0.15, -0.1) is 12.4 Å². The van der Waals surface area contributed by atoms with Crippen molar-refractivity contribution in [2.75, 3.05) is 26.3 Å². The second-order valence-electron chi connectivity index (χ2n) is 4.51. The summed E-state index contributed by atoms with van der Waals surface area (Å²) in [6.45, 7) is 4.15. The quantitative estimate of drug-likeness (QED) is 0.628. The summed E-state index contributed by atoms with van der Waals surface area (Å²) in [6, 6.07) is 5.83. The van der Waals surface area contributed by atoms with E-state index in [0.29, 0.717) is 26.3 Å². The second-order valence-corrected chi connectivity index (χ2v) is 4.51. The first-order chi connectivity index (χ1) is 9.09. The summed E-state index contributed by atoms with van der Waals surface area (Å²) in [6.07, 6.45) is 0. The smallest absolute Gasteiger partial charge is 0.269 e. The molecule has 0 radical (unpaired) electrons. The predicted octanol–water partition coefficient (Wildman–Crippen LogP) is 1.98. The van der Waals surface area contributed by atoms with Gasteiger partial charge in [-0.2, -0.15) is 0 Å². The van der Waals surface area contributed by atoms with Crippen molar-refractivity contribution >= 4 is 23.9 Å². The van der Waals surface area contributed by atoms with Crippen molar-refractivity contribution in [1.29, 1.82) is 0 Å². The molecule has 0 aliphatic carbocycles. The average molecular weight is 301 g/mol. The summed E-state index contributed by atoms with van der Waals surface area (Å²) in [5.41, 5.74) is 0.827. The number of carbonyl (C=O) groups is 1. The fourth-order valence-corrected chi connectivity index (χ4v) is 2.32. The lowest BCUT2D eigenvalue weighted by Gasteiger charge is -2.33. The molecule has 6 nitrogen and oxygen atoms in total. The van der Waals surface area contributed by atoms with Crippen LogP contribution in [-0.2, 0) is 9.53 Å². The SMILES string of the molecule is CC(=O)C(c1ccc([N+](=O)[O-])cc1)N1CCOCC1.Cl. The predicted molar refractivity (Wildman–Crippen MR) is 76.2 cm³/mol. The molecule has 1 unspecified atom stereocenters. The van der Waals surface area contributed by atoms with Crippen LogP contribution in [0.15, 0.2) is 24.3 Å². The molecule has 0 spiro atoms. The number of nitro groups is 1. The summed E-state index contributed by atoms with van der Waals surface area (Å²) >= 11 is 0. The van der Waals surface area contributed by atoms with E-state index in [1.54, 1.807) is 19.1 Å². The summed E-state index contributed by atoms with van der Waals surface area (Å²) in [4.78, 5) is 24.1. The van der Waals surface area contributed by atoms with Gasteiger partial charge in [0.1, 0.15) is 0 Å². The standard InChI is InChI=1S/C13H16N2O4.ClH/c1-10(16)13(14-6-8-19-9-7-14)11-2-4-12(5-3-11)15(17)18;/h2-5,13H,6-9H2,1H3;1H. The van der Waals surface area contributed by atoms with Crippen LogP contribution in [0, 0.1) is 10.1 Å². The average Bonchev–Trinajstić information content (AvgIpc) is 2.40. The molecule has 1 aliphatic rings. The number of hydrogen-bond donors (Lipinski definition) is 0. The second kappa shape index (κ2) is 7.33. The molecule has 1 saturated heterocycles. The Bertz CT molecular complexity index is 472. The number of carbonyl (C=O) groups excluding carboxylic acids is 1. The summed E-state index contributed by atoms with van der Waals surface area (Å²) in [5.74, 6) is 0.0377. The van der Waals surface area contributed by atoms with Gasteiger partial charge in [0.05, 0.1) is 24.2 Å². The van der Waals surface area contributed by atoms with Gasteiger partial charge in [0.15, 0.2) is 5.78 Å².